The van der Waals surface area contributed by atoms with Crippen molar-refractivity contribution in [2.75, 3.05) is 0 Å². The van der Waals surface area contributed by atoms with E-state index in [0.29, 0.717) is 27.7 Å². The van der Waals surface area contributed by atoms with E-state index in [1.165, 1.54) is 4.57 Å². The van der Waals surface area contributed by atoms with Crippen LogP contribution < -0.4 is 16.6 Å². The van der Waals surface area contributed by atoms with Crippen LogP contribution in [0.4, 0.5) is 0 Å². The number of aliphatic carboxylic acids is 1. The first-order valence-corrected chi connectivity index (χ1v) is 11.2. The summed E-state index contributed by atoms with van der Waals surface area (Å²) in [7, 11) is 1.59. The number of carboxylic acid groups (broad SMARTS) is 1. The van der Waals surface area contributed by atoms with Crippen LogP contribution in [0, 0.1) is 6.92 Å². The van der Waals surface area contributed by atoms with Gasteiger partial charge in [-0.3, -0.25) is 14.2 Å². The lowest BCUT2D eigenvalue weighted by molar-refractivity contribution is -0.139. The highest BCUT2D eigenvalue weighted by molar-refractivity contribution is 6.34. The summed E-state index contributed by atoms with van der Waals surface area (Å²) in [5.74, 6) is -1.78. The summed E-state index contributed by atoms with van der Waals surface area (Å²) in [6.07, 6.45) is -0.00448. The largest absolute Gasteiger partial charge is 0.480 e. The number of para-hydroxylation sites is 1. The van der Waals surface area contributed by atoms with Crippen molar-refractivity contribution in [3.05, 3.63) is 109 Å². The molecule has 4 aromatic rings. The average molecular weight is 492 g/mol. The normalized spacial score (nSPS) is 11.9. The predicted octanol–water partition coefficient (Wildman–Crippen LogP) is 3.08. The van der Waals surface area contributed by atoms with Gasteiger partial charge in [0.25, 0.3) is 11.5 Å². The lowest BCUT2D eigenvalue weighted by atomic mass is 10.0. The summed E-state index contributed by atoms with van der Waals surface area (Å²) in [6.45, 7) is 1.72. The van der Waals surface area contributed by atoms with Gasteiger partial charge in [0, 0.05) is 13.5 Å². The first-order valence-electron chi connectivity index (χ1n) is 10.8. The fraction of sp³-hybridized carbons (Fsp3) is 0.154. The van der Waals surface area contributed by atoms with Gasteiger partial charge in [-0.1, -0.05) is 48.0 Å². The van der Waals surface area contributed by atoms with E-state index in [-0.39, 0.29) is 17.0 Å². The van der Waals surface area contributed by atoms with Crippen molar-refractivity contribution in [3.63, 3.8) is 0 Å². The quantitative estimate of drug-likeness (QED) is 0.430. The van der Waals surface area contributed by atoms with Gasteiger partial charge in [-0.15, -0.1) is 0 Å². The van der Waals surface area contributed by atoms with Crippen LogP contribution in [-0.4, -0.2) is 32.2 Å². The molecule has 178 valence electrons. The molecule has 1 heterocycles. The summed E-state index contributed by atoms with van der Waals surface area (Å²) in [5.41, 5.74) is 1.41. The first kappa shape index (κ1) is 24.0. The Bertz CT molecular complexity index is 1550. The molecular weight excluding hydrogens is 470 g/mol. The summed E-state index contributed by atoms with van der Waals surface area (Å²) in [6, 6.07) is 17.0. The highest BCUT2D eigenvalue weighted by atomic mass is 35.5. The summed E-state index contributed by atoms with van der Waals surface area (Å²) >= 11 is 6.13. The molecule has 0 aliphatic heterocycles. The average Bonchev–Trinajstić information content (AvgIpc) is 2.83. The zero-order valence-electron chi connectivity index (χ0n) is 19.0. The fourth-order valence-electron chi connectivity index (χ4n) is 4.00. The highest BCUT2D eigenvalue weighted by Crippen LogP contribution is 2.20. The van der Waals surface area contributed by atoms with Gasteiger partial charge in [0.1, 0.15) is 6.04 Å². The highest BCUT2D eigenvalue weighted by Gasteiger charge is 2.23. The summed E-state index contributed by atoms with van der Waals surface area (Å²) in [4.78, 5) is 50.4. The number of carboxylic acids is 1. The van der Waals surface area contributed by atoms with E-state index < -0.39 is 29.2 Å². The molecule has 0 aliphatic carbocycles. The van der Waals surface area contributed by atoms with E-state index in [9.17, 15) is 24.3 Å². The van der Waals surface area contributed by atoms with Crippen molar-refractivity contribution >= 4 is 34.4 Å². The molecule has 35 heavy (non-hydrogen) atoms. The Labute approximate surface area is 205 Å². The minimum Gasteiger partial charge on any atom is -0.480 e. The maximum atomic E-state index is 13.0. The number of carbonyl (C=O) groups is 2. The lowest BCUT2D eigenvalue weighted by Gasteiger charge is -2.17. The molecule has 0 saturated heterocycles. The third kappa shape index (κ3) is 4.61. The molecule has 0 bridgehead atoms. The fourth-order valence-corrected chi connectivity index (χ4v) is 4.31. The van der Waals surface area contributed by atoms with Crippen molar-refractivity contribution < 1.29 is 14.7 Å². The number of amides is 1. The van der Waals surface area contributed by atoms with Crippen molar-refractivity contribution in [2.45, 2.75) is 19.4 Å². The van der Waals surface area contributed by atoms with Crippen LogP contribution in [0.25, 0.3) is 16.6 Å². The van der Waals surface area contributed by atoms with Gasteiger partial charge in [-0.2, -0.15) is 0 Å². The van der Waals surface area contributed by atoms with E-state index >= 15 is 0 Å². The van der Waals surface area contributed by atoms with E-state index in [0.717, 1.165) is 4.57 Å². The van der Waals surface area contributed by atoms with Crippen LogP contribution in [0.15, 0.2) is 76.3 Å². The van der Waals surface area contributed by atoms with E-state index in [1.54, 1.807) is 80.7 Å². The Hall–Kier alpha value is -4.17. The first-order chi connectivity index (χ1) is 16.7. The van der Waals surface area contributed by atoms with Gasteiger partial charge in [0.15, 0.2) is 0 Å². The third-order valence-corrected chi connectivity index (χ3v) is 6.18. The zero-order chi connectivity index (χ0) is 25.3. The Morgan fingerprint density at radius 3 is 2.34 bits per heavy atom. The van der Waals surface area contributed by atoms with Crippen LogP contribution in [0.1, 0.15) is 21.5 Å². The van der Waals surface area contributed by atoms with Crippen molar-refractivity contribution in [3.8, 4) is 5.69 Å². The number of aromatic nitrogens is 2. The molecule has 8 nitrogen and oxygen atoms in total. The second-order valence-corrected chi connectivity index (χ2v) is 8.57. The SMILES string of the molecule is Cc1cccc(Cl)c1C(=O)N[C@@H](Cc1ccc(-n2c(=O)c3ccccc3n(C)c2=O)cc1)C(=O)O. The van der Waals surface area contributed by atoms with Gasteiger partial charge >= 0.3 is 11.7 Å². The molecule has 3 aromatic carbocycles. The van der Waals surface area contributed by atoms with Gasteiger partial charge < -0.3 is 10.4 Å². The molecule has 4 rings (SSSR count). The number of benzene rings is 3. The van der Waals surface area contributed by atoms with E-state index in [1.807, 2.05) is 0 Å². The molecule has 0 saturated carbocycles. The van der Waals surface area contributed by atoms with Crippen LogP contribution >= 0.6 is 11.6 Å². The monoisotopic (exact) mass is 491 g/mol. The number of hydrogen-bond acceptors (Lipinski definition) is 4. The standard InChI is InChI=1S/C26H22ClN3O5/c1-15-6-5-8-19(27)22(15)23(31)28-20(25(33)34)14-16-10-12-17(13-11-16)30-24(32)18-7-3-4-9-21(18)29(2)26(30)35/h3-13,20H,14H2,1-2H3,(H,28,31)(H,33,34)/t20-/m0/s1. The van der Waals surface area contributed by atoms with Crippen LogP contribution in [0.5, 0.6) is 0 Å². The van der Waals surface area contributed by atoms with Gasteiger partial charge in [-0.05, 0) is 48.4 Å². The van der Waals surface area contributed by atoms with E-state index in [2.05, 4.69) is 5.32 Å². The van der Waals surface area contributed by atoms with Crippen molar-refractivity contribution in [2.24, 2.45) is 7.05 Å². The molecule has 0 unspecified atom stereocenters. The molecule has 0 spiro atoms. The molecule has 9 heteroatoms. The third-order valence-electron chi connectivity index (χ3n) is 5.86. The number of aryl methyl sites for hydroxylation is 2. The predicted molar refractivity (Wildman–Crippen MR) is 134 cm³/mol. The van der Waals surface area contributed by atoms with Gasteiger partial charge in [0.2, 0.25) is 0 Å². The lowest BCUT2D eigenvalue weighted by Crippen LogP contribution is -2.42. The summed E-state index contributed by atoms with van der Waals surface area (Å²) in [5, 5.41) is 12.8. The summed E-state index contributed by atoms with van der Waals surface area (Å²) < 4.78 is 2.47. The van der Waals surface area contributed by atoms with Crippen LogP contribution in [-0.2, 0) is 18.3 Å². The molecule has 0 radical (unpaired) electrons. The van der Waals surface area contributed by atoms with Crippen LogP contribution in [0.3, 0.4) is 0 Å². The Balaban J connectivity index is 1.61. The number of rotatable bonds is 6. The number of carbonyl (C=O) groups excluding carboxylic acids is 1. The molecule has 1 atom stereocenters. The minimum absolute atomic E-state index is 0.00448. The molecule has 1 amide bonds. The molecule has 0 fully saturated rings. The number of nitrogens with one attached hydrogen (secondary N) is 1. The number of hydrogen-bond donors (Lipinski definition) is 2. The van der Waals surface area contributed by atoms with Gasteiger partial charge in [-0.25, -0.2) is 14.2 Å². The van der Waals surface area contributed by atoms with Crippen LogP contribution in [0.2, 0.25) is 5.02 Å². The topological polar surface area (TPSA) is 110 Å². The molecular formula is C26H22ClN3O5. The second-order valence-electron chi connectivity index (χ2n) is 8.17. The smallest absolute Gasteiger partial charge is 0.335 e. The Morgan fingerprint density at radius 1 is 1.00 bits per heavy atom. The molecule has 1 aromatic heterocycles. The van der Waals surface area contributed by atoms with Gasteiger partial charge in [0.05, 0.1) is 27.2 Å². The number of halogens is 1. The van der Waals surface area contributed by atoms with Crippen molar-refractivity contribution in [1.82, 2.24) is 14.5 Å². The zero-order valence-corrected chi connectivity index (χ0v) is 19.7. The molecule has 2 N–H and O–H groups in total. The minimum atomic E-state index is -1.21. The molecule has 0 aliphatic rings. The number of nitrogens with zero attached hydrogens (tertiary/aromatic N) is 2. The maximum absolute atomic E-state index is 13.0. The van der Waals surface area contributed by atoms with Crippen molar-refractivity contribution in [1.29, 1.82) is 0 Å². The second kappa shape index (κ2) is 9.60. The van der Waals surface area contributed by atoms with E-state index in [4.69, 9.17) is 11.6 Å². The Morgan fingerprint density at radius 2 is 1.69 bits per heavy atom. The number of fused-ring (bicyclic) bond motifs is 1. The maximum Gasteiger partial charge on any atom is 0.335 e. The Kier molecular flexibility index (Phi) is 6.57.